The fourth-order valence-corrected chi connectivity index (χ4v) is 3.90. The van der Waals surface area contributed by atoms with Gasteiger partial charge in [0.1, 0.15) is 11.6 Å². The van der Waals surface area contributed by atoms with Crippen LogP contribution in [0.25, 0.3) is 21.1 Å². The molecular weight excluding hydrogens is 334 g/mol. The van der Waals surface area contributed by atoms with Crippen LogP contribution in [-0.2, 0) is 6.67 Å². The minimum atomic E-state index is -0.110. The molecule has 25 heavy (non-hydrogen) atoms. The third kappa shape index (κ3) is 2.92. The summed E-state index contributed by atoms with van der Waals surface area (Å²) in [5.74, 6) is 0. The largest absolute Gasteiger partial charge is 0.311 e. The van der Waals surface area contributed by atoms with E-state index in [4.69, 9.17) is 4.98 Å². The van der Waals surface area contributed by atoms with Gasteiger partial charge >= 0.3 is 0 Å². The number of aromatic nitrogens is 4. The molecule has 2 aromatic heterocycles. The van der Waals surface area contributed by atoms with Crippen molar-refractivity contribution in [3.63, 3.8) is 0 Å². The average Bonchev–Trinajstić information content (AvgIpc) is 3.07. The van der Waals surface area contributed by atoms with Crippen molar-refractivity contribution in [2.75, 3.05) is 7.05 Å². The van der Waals surface area contributed by atoms with Crippen molar-refractivity contribution in [2.45, 2.75) is 19.6 Å². The van der Waals surface area contributed by atoms with Gasteiger partial charge in [-0.05, 0) is 31.2 Å². The van der Waals surface area contributed by atoms with Crippen molar-refractivity contribution in [3.8, 4) is 0 Å². The monoisotopic (exact) mass is 352 g/mol. The standard InChI is InChI=1S/C18H17N5OS/c1-12(17-19-15-9-5-6-10-16(15)25-17)22(2)11-23-18(24)13-7-3-4-8-14(13)20-21-23/h3-10,12H,11H2,1-2H3/p+1/t12-/m0/s1. The number of nitrogens with zero attached hydrogens (tertiary/aromatic N) is 4. The van der Waals surface area contributed by atoms with Gasteiger partial charge in [-0.3, -0.25) is 4.79 Å². The Hall–Kier alpha value is -2.64. The van der Waals surface area contributed by atoms with Crippen LogP contribution in [0.2, 0.25) is 0 Å². The minimum Gasteiger partial charge on any atom is -0.311 e. The highest BCUT2D eigenvalue weighted by Gasteiger charge is 2.21. The molecular formula is C18H18N5OS+. The quantitative estimate of drug-likeness (QED) is 0.606. The summed E-state index contributed by atoms with van der Waals surface area (Å²) in [4.78, 5) is 18.5. The first-order chi connectivity index (χ1) is 12.1. The molecule has 4 aromatic rings. The summed E-state index contributed by atoms with van der Waals surface area (Å²) in [6.45, 7) is 2.56. The highest BCUT2D eigenvalue weighted by atomic mass is 32.1. The summed E-state index contributed by atoms with van der Waals surface area (Å²) in [6.07, 6.45) is 0. The molecule has 2 heterocycles. The number of fused-ring (bicyclic) bond motifs is 2. The Morgan fingerprint density at radius 3 is 2.64 bits per heavy atom. The molecule has 0 aliphatic rings. The zero-order valence-corrected chi connectivity index (χ0v) is 14.8. The number of nitrogens with one attached hydrogen (secondary N) is 1. The molecule has 0 saturated carbocycles. The lowest BCUT2D eigenvalue weighted by Gasteiger charge is -2.19. The second-order valence-electron chi connectivity index (χ2n) is 6.16. The number of hydrogen-bond donors (Lipinski definition) is 1. The maximum absolute atomic E-state index is 12.6. The molecule has 7 heteroatoms. The van der Waals surface area contributed by atoms with E-state index in [1.54, 1.807) is 23.5 Å². The molecule has 0 aliphatic heterocycles. The second kappa shape index (κ2) is 6.34. The van der Waals surface area contributed by atoms with E-state index in [1.165, 1.54) is 9.38 Å². The van der Waals surface area contributed by atoms with Gasteiger partial charge in [0.25, 0.3) is 5.56 Å². The number of hydrogen-bond acceptors (Lipinski definition) is 5. The summed E-state index contributed by atoms with van der Waals surface area (Å²) in [5.41, 5.74) is 1.53. The SMILES string of the molecule is C[C@@H](c1nc2ccccc2s1)[NH+](C)Cn1nnc2ccccc2c1=O. The van der Waals surface area contributed by atoms with Crippen LogP contribution in [0.4, 0.5) is 0 Å². The Morgan fingerprint density at radius 2 is 1.84 bits per heavy atom. The average molecular weight is 352 g/mol. The van der Waals surface area contributed by atoms with E-state index >= 15 is 0 Å². The van der Waals surface area contributed by atoms with Gasteiger partial charge in [-0.15, -0.1) is 16.4 Å². The van der Waals surface area contributed by atoms with Crippen LogP contribution < -0.4 is 10.5 Å². The minimum absolute atomic E-state index is 0.110. The van der Waals surface area contributed by atoms with Gasteiger partial charge in [-0.25, -0.2) is 4.98 Å². The van der Waals surface area contributed by atoms with Crippen molar-refractivity contribution in [1.82, 2.24) is 20.0 Å². The third-order valence-electron chi connectivity index (χ3n) is 4.45. The number of quaternary nitrogens is 1. The van der Waals surface area contributed by atoms with Crippen molar-refractivity contribution in [3.05, 3.63) is 63.9 Å². The first kappa shape index (κ1) is 15.9. The van der Waals surface area contributed by atoms with Crippen molar-refractivity contribution < 1.29 is 4.90 Å². The molecule has 4 rings (SSSR count). The Labute approximate surface area is 148 Å². The van der Waals surface area contributed by atoms with Crippen LogP contribution in [0, 0.1) is 0 Å². The molecule has 2 atom stereocenters. The molecule has 0 amide bonds. The number of thiazole rings is 1. The lowest BCUT2D eigenvalue weighted by atomic mass is 10.2. The Balaban J connectivity index is 1.62. The molecule has 2 aromatic carbocycles. The van der Waals surface area contributed by atoms with E-state index < -0.39 is 0 Å². The van der Waals surface area contributed by atoms with Crippen LogP contribution in [0.1, 0.15) is 18.0 Å². The highest BCUT2D eigenvalue weighted by molar-refractivity contribution is 7.18. The van der Waals surface area contributed by atoms with Crippen molar-refractivity contribution in [1.29, 1.82) is 0 Å². The third-order valence-corrected chi connectivity index (χ3v) is 5.67. The Kier molecular flexibility index (Phi) is 4.03. The molecule has 0 spiro atoms. The normalized spacial score (nSPS) is 14.0. The fourth-order valence-electron chi connectivity index (χ4n) is 2.79. The molecule has 0 saturated heterocycles. The van der Waals surface area contributed by atoms with Gasteiger partial charge in [0, 0.05) is 0 Å². The summed E-state index contributed by atoms with van der Waals surface area (Å²) >= 11 is 1.70. The summed E-state index contributed by atoms with van der Waals surface area (Å²) in [7, 11) is 2.04. The van der Waals surface area contributed by atoms with Crippen molar-refractivity contribution >= 4 is 32.5 Å². The van der Waals surface area contributed by atoms with Gasteiger partial charge in [0.05, 0.1) is 22.7 Å². The van der Waals surface area contributed by atoms with E-state index in [0.29, 0.717) is 17.6 Å². The second-order valence-corrected chi connectivity index (χ2v) is 7.22. The van der Waals surface area contributed by atoms with Gasteiger partial charge in [-0.1, -0.05) is 29.5 Å². The predicted octanol–water partition coefficient (Wildman–Crippen LogP) is 1.63. The summed E-state index contributed by atoms with van der Waals surface area (Å²) in [5, 5.41) is 9.88. The lowest BCUT2D eigenvalue weighted by Crippen LogP contribution is -3.08. The van der Waals surface area contributed by atoms with E-state index in [-0.39, 0.29) is 11.6 Å². The summed E-state index contributed by atoms with van der Waals surface area (Å²) in [6, 6.07) is 15.6. The summed E-state index contributed by atoms with van der Waals surface area (Å²) < 4.78 is 2.61. The molecule has 0 radical (unpaired) electrons. The zero-order valence-electron chi connectivity index (χ0n) is 14.0. The molecule has 6 nitrogen and oxygen atoms in total. The van der Waals surface area contributed by atoms with E-state index in [0.717, 1.165) is 15.4 Å². The molecule has 126 valence electrons. The van der Waals surface area contributed by atoms with E-state index in [2.05, 4.69) is 23.3 Å². The number of rotatable bonds is 4. The molecule has 1 N–H and O–H groups in total. The fraction of sp³-hybridized carbons (Fsp3) is 0.222. The first-order valence-electron chi connectivity index (χ1n) is 8.14. The molecule has 1 unspecified atom stereocenters. The molecule has 0 aliphatic carbocycles. The smallest absolute Gasteiger partial charge is 0.282 e. The van der Waals surface area contributed by atoms with E-state index in [1.807, 2.05) is 37.4 Å². The predicted molar refractivity (Wildman–Crippen MR) is 98.7 cm³/mol. The van der Waals surface area contributed by atoms with Gasteiger partial charge in [0.15, 0.2) is 11.7 Å². The maximum atomic E-state index is 12.6. The van der Waals surface area contributed by atoms with Crippen LogP contribution in [0.15, 0.2) is 53.3 Å². The lowest BCUT2D eigenvalue weighted by molar-refractivity contribution is -0.933. The Bertz CT molecular complexity index is 1070. The van der Waals surface area contributed by atoms with Gasteiger partial charge in [0.2, 0.25) is 0 Å². The molecule has 0 fully saturated rings. The van der Waals surface area contributed by atoms with Crippen molar-refractivity contribution in [2.24, 2.45) is 0 Å². The first-order valence-corrected chi connectivity index (χ1v) is 8.95. The maximum Gasteiger partial charge on any atom is 0.282 e. The highest BCUT2D eigenvalue weighted by Crippen LogP contribution is 2.24. The van der Waals surface area contributed by atoms with Crippen LogP contribution in [-0.4, -0.2) is 27.0 Å². The van der Waals surface area contributed by atoms with Crippen LogP contribution in [0.5, 0.6) is 0 Å². The van der Waals surface area contributed by atoms with Crippen LogP contribution >= 0.6 is 11.3 Å². The molecule has 0 bridgehead atoms. The number of para-hydroxylation sites is 1. The number of benzene rings is 2. The van der Waals surface area contributed by atoms with E-state index in [9.17, 15) is 4.79 Å². The zero-order chi connectivity index (χ0) is 17.4. The van der Waals surface area contributed by atoms with Gasteiger partial charge < -0.3 is 4.90 Å². The topological polar surface area (TPSA) is 65.1 Å². The van der Waals surface area contributed by atoms with Crippen LogP contribution in [0.3, 0.4) is 0 Å². The Morgan fingerprint density at radius 1 is 1.12 bits per heavy atom. The van der Waals surface area contributed by atoms with Gasteiger partial charge in [-0.2, -0.15) is 4.68 Å².